The van der Waals surface area contributed by atoms with Crippen LogP contribution in [0.2, 0.25) is 0 Å². The monoisotopic (exact) mass is 395 g/mol. The third kappa shape index (κ3) is 3.28. The van der Waals surface area contributed by atoms with Gasteiger partial charge in [-0.15, -0.1) is 0 Å². The SMILES string of the molecule is COc1cc(C(=O)N2CCC(c3ncc4n3CCCC4)CC2)cc2c1OC(C)C2. The number of hydrogen-bond donors (Lipinski definition) is 0. The van der Waals surface area contributed by atoms with Crippen molar-refractivity contribution in [2.45, 2.75) is 64.0 Å². The molecular formula is C23H29N3O3. The minimum absolute atomic E-state index is 0.0919. The quantitative estimate of drug-likeness (QED) is 0.797. The van der Waals surface area contributed by atoms with Gasteiger partial charge in [-0.3, -0.25) is 4.79 Å². The zero-order chi connectivity index (χ0) is 20.0. The number of aromatic nitrogens is 2. The molecule has 0 spiro atoms. The number of methoxy groups -OCH3 is 1. The highest BCUT2D eigenvalue weighted by atomic mass is 16.5. The topological polar surface area (TPSA) is 56.6 Å². The molecule has 0 radical (unpaired) electrons. The fourth-order valence-corrected chi connectivity index (χ4v) is 5.08. The summed E-state index contributed by atoms with van der Waals surface area (Å²) in [5.41, 5.74) is 3.15. The lowest BCUT2D eigenvalue weighted by atomic mass is 9.94. The van der Waals surface area contributed by atoms with E-state index >= 15 is 0 Å². The Labute approximate surface area is 171 Å². The van der Waals surface area contributed by atoms with E-state index in [0.717, 1.165) is 56.6 Å². The molecule has 1 saturated heterocycles. The maximum atomic E-state index is 13.2. The summed E-state index contributed by atoms with van der Waals surface area (Å²) in [6.45, 7) is 4.69. The second kappa shape index (κ2) is 7.39. The molecule has 6 heteroatoms. The lowest BCUT2D eigenvalue weighted by Crippen LogP contribution is -2.38. The highest BCUT2D eigenvalue weighted by molar-refractivity contribution is 5.95. The highest BCUT2D eigenvalue weighted by Crippen LogP contribution is 2.39. The molecule has 0 bridgehead atoms. The van der Waals surface area contributed by atoms with Crippen molar-refractivity contribution in [1.29, 1.82) is 0 Å². The smallest absolute Gasteiger partial charge is 0.254 e. The first-order valence-electron chi connectivity index (χ1n) is 10.8. The molecule has 0 N–H and O–H groups in total. The minimum atomic E-state index is 0.0919. The van der Waals surface area contributed by atoms with Crippen molar-refractivity contribution < 1.29 is 14.3 Å². The number of benzene rings is 1. The zero-order valence-electron chi connectivity index (χ0n) is 17.3. The average molecular weight is 396 g/mol. The lowest BCUT2D eigenvalue weighted by molar-refractivity contribution is 0.0709. The van der Waals surface area contributed by atoms with Gasteiger partial charge in [0.25, 0.3) is 5.91 Å². The van der Waals surface area contributed by atoms with Crippen molar-refractivity contribution in [1.82, 2.24) is 14.5 Å². The molecule has 1 fully saturated rings. The summed E-state index contributed by atoms with van der Waals surface area (Å²) in [7, 11) is 1.63. The molecule has 1 atom stereocenters. The van der Waals surface area contributed by atoms with Crippen LogP contribution in [0.5, 0.6) is 11.5 Å². The number of rotatable bonds is 3. The number of ether oxygens (including phenoxy) is 2. The van der Waals surface area contributed by atoms with Crippen LogP contribution in [-0.4, -0.2) is 46.7 Å². The van der Waals surface area contributed by atoms with E-state index < -0.39 is 0 Å². The van der Waals surface area contributed by atoms with Gasteiger partial charge in [0.05, 0.1) is 7.11 Å². The number of carbonyl (C=O) groups excluding carboxylic acids is 1. The van der Waals surface area contributed by atoms with Gasteiger partial charge < -0.3 is 18.9 Å². The van der Waals surface area contributed by atoms with Crippen LogP contribution in [0.15, 0.2) is 18.3 Å². The van der Waals surface area contributed by atoms with E-state index in [9.17, 15) is 4.79 Å². The molecule has 2 aromatic rings. The van der Waals surface area contributed by atoms with E-state index in [1.165, 1.54) is 24.4 Å². The van der Waals surface area contributed by atoms with Gasteiger partial charge in [-0.1, -0.05) is 0 Å². The summed E-state index contributed by atoms with van der Waals surface area (Å²) in [5, 5.41) is 0. The van der Waals surface area contributed by atoms with Gasteiger partial charge in [0.2, 0.25) is 0 Å². The summed E-state index contributed by atoms with van der Waals surface area (Å²) >= 11 is 0. The Morgan fingerprint density at radius 1 is 1.21 bits per heavy atom. The lowest BCUT2D eigenvalue weighted by Gasteiger charge is -2.32. The third-order valence-corrected chi connectivity index (χ3v) is 6.61. The summed E-state index contributed by atoms with van der Waals surface area (Å²) < 4.78 is 13.8. The standard InChI is InChI=1S/C23H29N3O3/c1-15-11-17-12-18(13-20(28-2)21(17)29-15)23(27)25-9-6-16(7-10-25)22-24-14-19-5-3-4-8-26(19)22/h12-16H,3-11H2,1-2H3. The van der Waals surface area contributed by atoms with E-state index in [1.807, 2.05) is 24.0 Å². The number of aryl methyl sites for hydroxylation is 1. The minimum Gasteiger partial charge on any atom is -0.493 e. The molecule has 1 unspecified atom stereocenters. The van der Waals surface area contributed by atoms with Crippen LogP contribution in [0.1, 0.15) is 66.0 Å². The molecule has 0 saturated carbocycles. The average Bonchev–Trinajstić information content (AvgIpc) is 3.35. The van der Waals surface area contributed by atoms with Gasteiger partial charge in [0, 0.05) is 55.0 Å². The molecule has 1 aromatic carbocycles. The van der Waals surface area contributed by atoms with Crippen molar-refractivity contribution in [3.63, 3.8) is 0 Å². The molecule has 5 rings (SSSR count). The normalized spacial score (nSPS) is 21.4. The Hall–Kier alpha value is -2.50. The fourth-order valence-electron chi connectivity index (χ4n) is 5.08. The predicted octanol–water partition coefficient (Wildman–Crippen LogP) is 3.57. The summed E-state index contributed by atoms with van der Waals surface area (Å²) in [5.74, 6) is 3.23. The van der Waals surface area contributed by atoms with E-state index in [2.05, 4.69) is 10.8 Å². The number of amides is 1. The predicted molar refractivity (Wildman–Crippen MR) is 110 cm³/mol. The highest BCUT2D eigenvalue weighted by Gasteiger charge is 2.30. The van der Waals surface area contributed by atoms with Gasteiger partial charge in [0.15, 0.2) is 11.5 Å². The van der Waals surface area contributed by atoms with E-state index in [4.69, 9.17) is 14.5 Å². The molecule has 3 aliphatic heterocycles. The molecule has 1 amide bonds. The largest absolute Gasteiger partial charge is 0.493 e. The van der Waals surface area contributed by atoms with Crippen LogP contribution in [0.4, 0.5) is 0 Å². The number of fused-ring (bicyclic) bond motifs is 2. The van der Waals surface area contributed by atoms with E-state index in [1.54, 1.807) is 7.11 Å². The summed E-state index contributed by atoms with van der Waals surface area (Å²) in [6, 6.07) is 3.82. The molecule has 1 aromatic heterocycles. The van der Waals surface area contributed by atoms with Crippen LogP contribution < -0.4 is 9.47 Å². The maximum Gasteiger partial charge on any atom is 0.254 e. The van der Waals surface area contributed by atoms with Gasteiger partial charge in [-0.25, -0.2) is 4.98 Å². The fraction of sp³-hybridized carbons (Fsp3) is 0.565. The van der Waals surface area contributed by atoms with Gasteiger partial charge in [-0.2, -0.15) is 0 Å². The van der Waals surface area contributed by atoms with Crippen molar-refractivity contribution in [2.24, 2.45) is 0 Å². The number of carbonyl (C=O) groups is 1. The zero-order valence-corrected chi connectivity index (χ0v) is 17.3. The van der Waals surface area contributed by atoms with Crippen LogP contribution in [0.3, 0.4) is 0 Å². The first-order valence-corrected chi connectivity index (χ1v) is 10.8. The van der Waals surface area contributed by atoms with E-state index in [0.29, 0.717) is 17.2 Å². The summed E-state index contributed by atoms with van der Waals surface area (Å²) in [6.07, 6.45) is 8.62. The number of hydrogen-bond acceptors (Lipinski definition) is 4. The van der Waals surface area contributed by atoms with Crippen molar-refractivity contribution in [2.75, 3.05) is 20.2 Å². The van der Waals surface area contributed by atoms with Gasteiger partial charge >= 0.3 is 0 Å². The second-order valence-electron chi connectivity index (χ2n) is 8.58. The maximum absolute atomic E-state index is 13.2. The Bertz CT molecular complexity index is 928. The van der Waals surface area contributed by atoms with Gasteiger partial charge in [-0.05, 0) is 51.2 Å². The Morgan fingerprint density at radius 2 is 2.03 bits per heavy atom. The number of likely N-dealkylation sites (tertiary alicyclic amines) is 1. The Morgan fingerprint density at radius 3 is 2.83 bits per heavy atom. The molecule has 154 valence electrons. The van der Waals surface area contributed by atoms with Crippen molar-refractivity contribution >= 4 is 5.91 Å². The molecule has 6 nitrogen and oxygen atoms in total. The number of piperidine rings is 1. The molecule has 0 aliphatic carbocycles. The first-order chi connectivity index (χ1) is 14.1. The molecule has 4 heterocycles. The number of imidazole rings is 1. The first kappa shape index (κ1) is 18.5. The van der Waals surface area contributed by atoms with Crippen molar-refractivity contribution in [3.05, 3.63) is 41.0 Å². The van der Waals surface area contributed by atoms with Crippen molar-refractivity contribution in [3.8, 4) is 11.5 Å². The van der Waals surface area contributed by atoms with Crippen LogP contribution in [-0.2, 0) is 19.4 Å². The Balaban J connectivity index is 1.30. The molecule has 29 heavy (non-hydrogen) atoms. The molecular weight excluding hydrogens is 366 g/mol. The molecule has 3 aliphatic rings. The second-order valence-corrected chi connectivity index (χ2v) is 8.58. The third-order valence-electron chi connectivity index (χ3n) is 6.61. The van der Waals surface area contributed by atoms with Crippen LogP contribution in [0.25, 0.3) is 0 Å². The Kier molecular flexibility index (Phi) is 4.72. The van der Waals surface area contributed by atoms with Crippen LogP contribution in [0, 0.1) is 0 Å². The van der Waals surface area contributed by atoms with Gasteiger partial charge in [0.1, 0.15) is 11.9 Å². The number of nitrogens with zero attached hydrogens (tertiary/aromatic N) is 3. The van der Waals surface area contributed by atoms with Crippen LogP contribution >= 0.6 is 0 Å². The summed E-state index contributed by atoms with van der Waals surface area (Å²) in [4.78, 5) is 19.9. The van der Waals surface area contributed by atoms with E-state index in [-0.39, 0.29) is 12.0 Å².